The maximum absolute atomic E-state index is 12.3. The molecule has 1 aromatic rings. The van der Waals surface area contributed by atoms with E-state index in [1.165, 1.54) is 0 Å². The maximum atomic E-state index is 12.3. The van der Waals surface area contributed by atoms with Crippen LogP contribution in [0.3, 0.4) is 0 Å². The summed E-state index contributed by atoms with van der Waals surface area (Å²) in [6.45, 7) is 6.43. The Labute approximate surface area is 137 Å². The lowest BCUT2D eigenvalue weighted by Gasteiger charge is -2.19. The third-order valence-corrected chi connectivity index (χ3v) is 4.21. The Morgan fingerprint density at radius 2 is 2.17 bits per heavy atom. The van der Waals surface area contributed by atoms with Gasteiger partial charge in [-0.15, -0.1) is 0 Å². The molecule has 0 bridgehead atoms. The van der Waals surface area contributed by atoms with Crippen LogP contribution in [0.5, 0.6) is 0 Å². The van der Waals surface area contributed by atoms with Crippen LogP contribution < -0.4 is 5.32 Å². The molecule has 1 aromatic heterocycles. The Kier molecular flexibility index (Phi) is 5.71. The van der Waals surface area contributed by atoms with Gasteiger partial charge in [0.2, 0.25) is 11.8 Å². The molecule has 1 N–H and O–H groups in total. The first-order valence-corrected chi connectivity index (χ1v) is 7.99. The SMILES string of the molecule is Cc1cc(C)c(CNC(=O)C2CC(=O)N(CCN(C)C)C2)cn1. The molecule has 2 heterocycles. The van der Waals surface area contributed by atoms with Crippen LogP contribution in [-0.2, 0) is 16.1 Å². The van der Waals surface area contributed by atoms with Crippen LogP contribution in [0.4, 0.5) is 0 Å². The topological polar surface area (TPSA) is 65.5 Å². The second-order valence-electron chi connectivity index (χ2n) is 6.51. The lowest BCUT2D eigenvalue weighted by Crippen LogP contribution is -2.35. The fourth-order valence-corrected chi connectivity index (χ4v) is 2.72. The molecule has 23 heavy (non-hydrogen) atoms. The van der Waals surface area contributed by atoms with Crippen LogP contribution >= 0.6 is 0 Å². The molecule has 0 saturated carbocycles. The molecule has 1 fully saturated rings. The molecule has 126 valence electrons. The standard InChI is InChI=1S/C17H26N4O2/c1-12-7-13(2)18-9-15(12)10-19-17(23)14-8-16(22)21(11-14)6-5-20(3)4/h7,9,14H,5-6,8,10-11H2,1-4H3,(H,19,23). The van der Waals surface area contributed by atoms with Gasteiger partial charge >= 0.3 is 0 Å². The van der Waals surface area contributed by atoms with E-state index in [2.05, 4.69) is 10.3 Å². The van der Waals surface area contributed by atoms with E-state index in [0.29, 0.717) is 26.1 Å². The number of amides is 2. The average Bonchev–Trinajstić information content (AvgIpc) is 2.85. The van der Waals surface area contributed by atoms with Gasteiger partial charge in [0.05, 0.1) is 5.92 Å². The average molecular weight is 318 g/mol. The van der Waals surface area contributed by atoms with Crippen molar-refractivity contribution in [3.63, 3.8) is 0 Å². The molecule has 0 spiro atoms. The summed E-state index contributed by atoms with van der Waals surface area (Å²) in [4.78, 5) is 32.4. The van der Waals surface area contributed by atoms with E-state index in [9.17, 15) is 9.59 Å². The van der Waals surface area contributed by atoms with Crippen molar-refractivity contribution in [1.82, 2.24) is 20.1 Å². The number of nitrogens with zero attached hydrogens (tertiary/aromatic N) is 3. The minimum Gasteiger partial charge on any atom is -0.352 e. The number of rotatable bonds is 6. The molecule has 2 amide bonds. The molecule has 2 rings (SSSR count). The molecule has 0 radical (unpaired) electrons. The van der Waals surface area contributed by atoms with Crippen molar-refractivity contribution in [1.29, 1.82) is 0 Å². The molecule has 1 unspecified atom stereocenters. The van der Waals surface area contributed by atoms with Crippen molar-refractivity contribution < 1.29 is 9.59 Å². The van der Waals surface area contributed by atoms with Crippen LogP contribution in [0.1, 0.15) is 23.2 Å². The number of pyridine rings is 1. The fraction of sp³-hybridized carbons (Fsp3) is 0.588. The summed E-state index contributed by atoms with van der Waals surface area (Å²) in [7, 11) is 3.95. The minimum absolute atomic E-state index is 0.0503. The molecule has 1 aliphatic rings. The monoisotopic (exact) mass is 318 g/mol. The van der Waals surface area contributed by atoms with E-state index in [4.69, 9.17) is 0 Å². The molecule has 0 aliphatic carbocycles. The van der Waals surface area contributed by atoms with E-state index in [-0.39, 0.29) is 17.7 Å². The summed E-state index contributed by atoms with van der Waals surface area (Å²) in [5.74, 6) is -0.228. The van der Waals surface area contributed by atoms with Crippen LogP contribution in [0.2, 0.25) is 0 Å². The number of nitrogens with one attached hydrogen (secondary N) is 1. The van der Waals surface area contributed by atoms with Gasteiger partial charge in [0.15, 0.2) is 0 Å². The van der Waals surface area contributed by atoms with Crippen molar-refractivity contribution in [3.8, 4) is 0 Å². The molecule has 6 heteroatoms. The summed E-state index contributed by atoms with van der Waals surface area (Å²) >= 11 is 0. The summed E-state index contributed by atoms with van der Waals surface area (Å²) in [6.07, 6.45) is 2.11. The largest absolute Gasteiger partial charge is 0.352 e. The number of aryl methyl sites for hydroxylation is 2. The van der Waals surface area contributed by atoms with Crippen molar-refractivity contribution in [3.05, 3.63) is 29.1 Å². The number of carbonyl (C=O) groups excluding carboxylic acids is 2. The molecule has 1 saturated heterocycles. The van der Waals surface area contributed by atoms with Crippen molar-refractivity contribution >= 4 is 11.8 Å². The van der Waals surface area contributed by atoms with Gasteiger partial charge in [-0.25, -0.2) is 0 Å². The minimum atomic E-state index is -0.247. The highest BCUT2D eigenvalue weighted by molar-refractivity contribution is 5.89. The zero-order valence-electron chi connectivity index (χ0n) is 14.4. The molecule has 6 nitrogen and oxygen atoms in total. The van der Waals surface area contributed by atoms with Gasteiger partial charge in [-0.1, -0.05) is 0 Å². The Bertz CT molecular complexity index is 586. The summed E-state index contributed by atoms with van der Waals surface area (Å²) in [6, 6.07) is 2.00. The second kappa shape index (κ2) is 7.55. The van der Waals surface area contributed by atoms with Crippen molar-refractivity contribution in [2.45, 2.75) is 26.8 Å². The summed E-state index contributed by atoms with van der Waals surface area (Å²) < 4.78 is 0. The summed E-state index contributed by atoms with van der Waals surface area (Å²) in [5.41, 5.74) is 3.10. The smallest absolute Gasteiger partial charge is 0.225 e. The number of carbonyl (C=O) groups is 2. The highest BCUT2D eigenvalue weighted by Gasteiger charge is 2.33. The normalized spacial score (nSPS) is 17.9. The van der Waals surface area contributed by atoms with Gasteiger partial charge in [0.25, 0.3) is 0 Å². The predicted octanol–water partition coefficient (Wildman–Crippen LogP) is 0.725. The van der Waals surface area contributed by atoms with Crippen LogP contribution in [0.25, 0.3) is 0 Å². The second-order valence-corrected chi connectivity index (χ2v) is 6.51. The lowest BCUT2D eigenvalue weighted by molar-refractivity contribution is -0.129. The maximum Gasteiger partial charge on any atom is 0.225 e. The number of likely N-dealkylation sites (N-methyl/N-ethyl adjacent to an activating group) is 1. The van der Waals surface area contributed by atoms with Gasteiger partial charge in [0.1, 0.15) is 0 Å². The molecule has 1 aliphatic heterocycles. The Morgan fingerprint density at radius 3 is 2.83 bits per heavy atom. The van der Waals surface area contributed by atoms with Gasteiger partial charge in [-0.05, 0) is 45.1 Å². The van der Waals surface area contributed by atoms with Crippen LogP contribution in [0.15, 0.2) is 12.3 Å². The molecular formula is C17H26N4O2. The zero-order valence-corrected chi connectivity index (χ0v) is 14.4. The number of aromatic nitrogens is 1. The van der Waals surface area contributed by atoms with Crippen molar-refractivity contribution in [2.24, 2.45) is 5.92 Å². The van der Waals surface area contributed by atoms with E-state index >= 15 is 0 Å². The summed E-state index contributed by atoms with van der Waals surface area (Å²) in [5, 5.41) is 2.94. The fourth-order valence-electron chi connectivity index (χ4n) is 2.72. The first-order chi connectivity index (χ1) is 10.9. The Balaban J connectivity index is 1.85. The highest BCUT2D eigenvalue weighted by Crippen LogP contribution is 2.18. The number of hydrogen-bond donors (Lipinski definition) is 1. The van der Waals surface area contributed by atoms with Gasteiger partial charge in [0, 0.05) is 44.5 Å². The number of likely N-dealkylation sites (tertiary alicyclic amines) is 1. The quantitative estimate of drug-likeness (QED) is 0.839. The third-order valence-electron chi connectivity index (χ3n) is 4.21. The van der Waals surface area contributed by atoms with Gasteiger partial charge in [-0.2, -0.15) is 0 Å². The molecular weight excluding hydrogens is 292 g/mol. The van der Waals surface area contributed by atoms with Crippen LogP contribution in [-0.4, -0.2) is 60.3 Å². The highest BCUT2D eigenvalue weighted by atomic mass is 16.2. The van der Waals surface area contributed by atoms with Gasteiger partial charge < -0.3 is 15.1 Å². The van der Waals surface area contributed by atoms with E-state index < -0.39 is 0 Å². The third kappa shape index (κ3) is 4.76. The Morgan fingerprint density at radius 1 is 1.43 bits per heavy atom. The zero-order chi connectivity index (χ0) is 17.0. The lowest BCUT2D eigenvalue weighted by atomic mass is 10.1. The Hall–Kier alpha value is -1.95. The van der Waals surface area contributed by atoms with E-state index in [1.807, 2.05) is 38.9 Å². The molecule has 0 aromatic carbocycles. The van der Waals surface area contributed by atoms with Gasteiger partial charge in [-0.3, -0.25) is 14.6 Å². The number of hydrogen-bond acceptors (Lipinski definition) is 4. The van der Waals surface area contributed by atoms with E-state index in [1.54, 1.807) is 11.1 Å². The van der Waals surface area contributed by atoms with Crippen molar-refractivity contribution in [2.75, 3.05) is 33.7 Å². The molecule has 1 atom stereocenters. The first kappa shape index (κ1) is 17.4. The first-order valence-electron chi connectivity index (χ1n) is 7.99. The predicted molar refractivity (Wildman–Crippen MR) is 88.8 cm³/mol. The van der Waals surface area contributed by atoms with E-state index in [0.717, 1.165) is 23.4 Å². The van der Waals surface area contributed by atoms with Crippen LogP contribution in [0, 0.1) is 19.8 Å².